The van der Waals surface area contributed by atoms with Crippen molar-refractivity contribution in [3.05, 3.63) is 78.4 Å². The second kappa shape index (κ2) is 11.5. The number of para-hydroxylation sites is 1. The summed E-state index contributed by atoms with van der Waals surface area (Å²) in [5, 5.41) is 6.55. The van der Waals surface area contributed by atoms with E-state index in [9.17, 15) is 14.4 Å². The molecule has 0 saturated heterocycles. The number of methoxy groups -OCH3 is 1. The number of amides is 3. The van der Waals surface area contributed by atoms with Crippen LogP contribution >= 0.6 is 0 Å². The number of benzene rings is 2. The molecule has 0 aliphatic rings. The summed E-state index contributed by atoms with van der Waals surface area (Å²) >= 11 is 0. The second-order valence-corrected chi connectivity index (χ2v) is 11.0. The highest BCUT2D eigenvalue weighted by Gasteiger charge is 2.39. The minimum atomic E-state index is -1.19. The molecule has 216 valence electrons. The van der Waals surface area contributed by atoms with Crippen LogP contribution in [-0.4, -0.2) is 69.9 Å². The SMILES string of the molecule is COc1ccc(C(C)(C(=O)N(C)C)n2cnc(NC(=O)C(Cc3c[nH]c4ccccc34)NC(=O)C(C)(C)N)c2)cc1. The fourth-order valence-corrected chi connectivity index (χ4v) is 4.65. The Kier molecular flexibility index (Phi) is 8.20. The maximum Gasteiger partial charge on any atom is 0.252 e. The molecule has 4 aromatic rings. The summed E-state index contributed by atoms with van der Waals surface area (Å²) in [7, 11) is 4.94. The van der Waals surface area contributed by atoms with Gasteiger partial charge in [0.1, 0.15) is 17.3 Å². The highest BCUT2D eigenvalue weighted by Crippen LogP contribution is 2.30. The van der Waals surface area contributed by atoms with Gasteiger partial charge in [0.2, 0.25) is 11.8 Å². The van der Waals surface area contributed by atoms with E-state index in [1.54, 1.807) is 64.9 Å². The van der Waals surface area contributed by atoms with Crippen molar-refractivity contribution in [1.29, 1.82) is 0 Å². The van der Waals surface area contributed by atoms with Gasteiger partial charge >= 0.3 is 0 Å². The number of ether oxygens (including phenoxy) is 1. The van der Waals surface area contributed by atoms with Gasteiger partial charge in [0, 0.05) is 43.8 Å². The maximum atomic E-state index is 13.6. The lowest BCUT2D eigenvalue weighted by Gasteiger charge is -2.33. The predicted molar refractivity (Wildman–Crippen MR) is 157 cm³/mol. The molecule has 0 radical (unpaired) electrons. The Morgan fingerprint density at radius 2 is 1.78 bits per heavy atom. The number of nitrogens with two attached hydrogens (primary N) is 1. The number of aromatic amines is 1. The minimum absolute atomic E-state index is 0.187. The topological polar surface area (TPSA) is 147 Å². The van der Waals surface area contributed by atoms with Crippen LogP contribution in [0.25, 0.3) is 10.9 Å². The monoisotopic (exact) mass is 559 g/mol. The number of aromatic nitrogens is 3. The molecule has 0 saturated carbocycles. The summed E-state index contributed by atoms with van der Waals surface area (Å²) in [5.74, 6) is -0.232. The Balaban J connectivity index is 1.63. The average molecular weight is 560 g/mol. The number of anilines is 1. The van der Waals surface area contributed by atoms with Gasteiger partial charge < -0.3 is 35.6 Å². The van der Waals surface area contributed by atoms with Crippen molar-refractivity contribution in [3.63, 3.8) is 0 Å². The van der Waals surface area contributed by atoms with Crippen LogP contribution in [0.15, 0.2) is 67.3 Å². The van der Waals surface area contributed by atoms with Crippen LogP contribution in [0.5, 0.6) is 5.75 Å². The molecule has 0 aliphatic carbocycles. The van der Waals surface area contributed by atoms with Crippen molar-refractivity contribution < 1.29 is 19.1 Å². The van der Waals surface area contributed by atoms with E-state index >= 15 is 0 Å². The lowest BCUT2D eigenvalue weighted by Crippen LogP contribution is -2.55. The van der Waals surface area contributed by atoms with Crippen molar-refractivity contribution in [3.8, 4) is 5.75 Å². The molecule has 3 amide bonds. The van der Waals surface area contributed by atoms with E-state index in [1.165, 1.54) is 11.2 Å². The Bertz CT molecular complexity index is 1550. The van der Waals surface area contributed by atoms with Crippen molar-refractivity contribution >= 4 is 34.4 Å². The second-order valence-electron chi connectivity index (χ2n) is 11.0. The molecule has 4 rings (SSSR count). The normalized spacial score (nSPS) is 13.7. The number of carbonyl (C=O) groups is 3. The molecule has 2 heterocycles. The van der Waals surface area contributed by atoms with Gasteiger partial charge in [-0.2, -0.15) is 0 Å². The summed E-state index contributed by atoms with van der Waals surface area (Å²) in [5.41, 5.74) is 6.17. The lowest BCUT2D eigenvalue weighted by molar-refractivity contribution is -0.135. The van der Waals surface area contributed by atoms with Gasteiger partial charge in [-0.15, -0.1) is 0 Å². The van der Waals surface area contributed by atoms with Crippen LogP contribution in [0, 0.1) is 0 Å². The summed E-state index contributed by atoms with van der Waals surface area (Å²) in [4.78, 5) is 48.9. The number of likely N-dealkylation sites (N-methyl/N-ethyl adjacent to an activating group) is 1. The Morgan fingerprint density at radius 3 is 2.41 bits per heavy atom. The van der Waals surface area contributed by atoms with E-state index < -0.39 is 28.9 Å². The fraction of sp³-hybridized carbons (Fsp3) is 0.333. The summed E-state index contributed by atoms with van der Waals surface area (Å²) in [6.45, 7) is 4.94. The van der Waals surface area contributed by atoms with E-state index in [0.29, 0.717) is 11.3 Å². The number of fused-ring (bicyclic) bond motifs is 1. The summed E-state index contributed by atoms with van der Waals surface area (Å²) in [6.07, 6.45) is 5.14. The number of rotatable bonds is 10. The first-order valence-electron chi connectivity index (χ1n) is 13.2. The number of hydrogen-bond donors (Lipinski definition) is 4. The molecule has 2 unspecified atom stereocenters. The van der Waals surface area contributed by atoms with E-state index in [4.69, 9.17) is 10.5 Å². The Labute approximate surface area is 239 Å². The first kappa shape index (κ1) is 29.3. The third kappa shape index (κ3) is 6.09. The highest BCUT2D eigenvalue weighted by atomic mass is 16.5. The first-order valence-corrected chi connectivity index (χ1v) is 13.2. The molecule has 0 fully saturated rings. The Hall–Kier alpha value is -4.64. The van der Waals surface area contributed by atoms with Crippen LogP contribution < -0.4 is 21.1 Å². The van der Waals surface area contributed by atoms with Gasteiger partial charge in [0.15, 0.2) is 5.82 Å². The third-order valence-electron chi connectivity index (χ3n) is 7.13. The number of hydrogen-bond acceptors (Lipinski definition) is 6. The number of carbonyl (C=O) groups excluding carboxylic acids is 3. The zero-order chi connectivity index (χ0) is 29.9. The molecule has 2 aromatic carbocycles. The van der Waals surface area contributed by atoms with Crippen LogP contribution in [0.4, 0.5) is 5.82 Å². The lowest BCUT2D eigenvalue weighted by atomic mass is 9.90. The van der Waals surface area contributed by atoms with Crippen LogP contribution in [0.2, 0.25) is 0 Å². The average Bonchev–Trinajstić information content (AvgIpc) is 3.58. The van der Waals surface area contributed by atoms with Gasteiger partial charge in [-0.05, 0) is 50.1 Å². The molecule has 0 bridgehead atoms. The van der Waals surface area contributed by atoms with E-state index in [-0.39, 0.29) is 18.1 Å². The van der Waals surface area contributed by atoms with Gasteiger partial charge in [0.05, 0.1) is 19.0 Å². The van der Waals surface area contributed by atoms with Gasteiger partial charge in [0.25, 0.3) is 5.91 Å². The fourth-order valence-electron chi connectivity index (χ4n) is 4.65. The van der Waals surface area contributed by atoms with Crippen molar-refractivity contribution in [2.75, 3.05) is 26.5 Å². The first-order chi connectivity index (χ1) is 19.3. The maximum absolute atomic E-state index is 13.6. The highest BCUT2D eigenvalue weighted by molar-refractivity contribution is 5.98. The number of nitrogens with one attached hydrogen (secondary N) is 3. The van der Waals surface area contributed by atoms with Crippen molar-refractivity contribution in [2.45, 2.75) is 44.3 Å². The largest absolute Gasteiger partial charge is 0.497 e. The molecule has 11 nitrogen and oxygen atoms in total. The number of nitrogens with zero attached hydrogens (tertiary/aromatic N) is 3. The smallest absolute Gasteiger partial charge is 0.252 e. The molecule has 2 aromatic heterocycles. The van der Waals surface area contributed by atoms with Crippen LogP contribution in [-0.2, 0) is 26.3 Å². The molecule has 0 aliphatic heterocycles. The van der Waals surface area contributed by atoms with Crippen molar-refractivity contribution in [2.24, 2.45) is 5.73 Å². The molecule has 2 atom stereocenters. The molecule has 0 spiro atoms. The van der Waals surface area contributed by atoms with Crippen LogP contribution in [0.1, 0.15) is 31.9 Å². The molecule has 11 heteroatoms. The molecule has 41 heavy (non-hydrogen) atoms. The van der Waals surface area contributed by atoms with Gasteiger partial charge in [-0.1, -0.05) is 30.3 Å². The zero-order valence-corrected chi connectivity index (χ0v) is 24.2. The third-order valence-corrected chi connectivity index (χ3v) is 7.13. The van der Waals surface area contributed by atoms with Gasteiger partial charge in [-0.25, -0.2) is 4.98 Å². The summed E-state index contributed by atoms with van der Waals surface area (Å²) < 4.78 is 6.93. The summed E-state index contributed by atoms with van der Waals surface area (Å²) in [6, 6.07) is 14.0. The molecule has 5 N–H and O–H groups in total. The van der Waals surface area contributed by atoms with Gasteiger partial charge in [-0.3, -0.25) is 14.4 Å². The van der Waals surface area contributed by atoms with E-state index in [2.05, 4.69) is 20.6 Å². The minimum Gasteiger partial charge on any atom is -0.497 e. The predicted octanol–water partition coefficient (Wildman–Crippen LogP) is 2.63. The quantitative estimate of drug-likeness (QED) is 0.235. The number of H-pyrrole nitrogens is 1. The van der Waals surface area contributed by atoms with Crippen LogP contribution in [0.3, 0.4) is 0 Å². The molecular weight excluding hydrogens is 522 g/mol. The zero-order valence-electron chi connectivity index (χ0n) is 24.2. The van der Waals surface area contributed by atoms with E-state index in [0.717, 1.165) is 16.5 Å². The Morgan fingerprint density at radius 1 is 1.10 bits per heavy atom. The standard InChI is InChI=1S/C30H37N7O4/c1-29(2,31)27(39)34-24(15-19-16-32-23-10-8-7-9-22(19)23)26(38)35-25-17-37(18-33-25)30(3,28(40)36(4)5)20-11-13-21(41-6)14-12-20/h7-14,16-18,24,32H,15,31H2,1-6H3,(H,34,39)(H,35,38). The number of imidazole rings is 1. The van der Waals surface area contributed by atoms with Crippen molar-refractivity contribution in [1.82, 2.24) is 24.8 Å². The molecular formula is C30H37N7O4. The van der Waals surface area contributed by atoms with E-state index in [1.807, 2.05) is 42.6 Å².